The van der Waals surface area contributed by atoms with Gasteiger partial charge in [0.1, 0.15) is 18.8 Å². The first-order valence-electron chi connectivity index (χ1n) is 15.0. The van der Waals surface area contributed by atoms with Gasteiger partial charge < -0.3 is 24.6 Å². The highest BCUT2D eigenvalue weighted by molar-refractivity contribution is 5.96. The van der Waals surface area contributed by atoms with E-state index in [1.165, 1.54) is 5.56 Å². The number of carbonyl (C=O) groups excluding carboxylic acids is 3. The number of amides is 3. The Hall–Kier alpha value is -3.50. The summed E-state index contributed by atoms with van der Waals surface area (Å²) in [5.74, 6) is -0.140. The van der Waals surface area contributed by atoms with E-state index in [1.807, 2.05) is 31.7 Å². The minimum Gasteiger partial charge on any atom is -0.475 e. The van der Waals surface area contributed by atoms with Crippen LogP contribution < -0.4 is 10.1 Å². The van der Waals surface area contributed by atoms with Crippen LogP contribution in [0.4, 0.5) is 0 Å². The molecule has 10 nitrogen and oxygen atoms in total. The first kappa shape index (κ1) is 30.0. The van der Waals surface area contributed by atoms with Crippen molar-refractivity contribution in [2.45, 2.75) is 58.2 Å². The van der Waals surface area contributed by atoms with Gasteiger partial charge in [-0.25, -0.2) is 4.98 Å². The van der Waals surface area contributed by atoms with Crippen LogP contribution in [-0.2, 0) is 20.7 Å². The number of nitrogens with zero attached hydrogens (tertiary/aromatic N) is 4. The van der Waals surface area contributed by atoms with Gasteiger partial charge in [-0.2, -0.15) is 0 Å². The van der Waals surface area contributed by atoms with Crippen molar-refractivity contribution in [1.29, 1.82) is 0 Å². The van der Waals surface area contributed by atoms with Crippen molar-refractivity contribution >= 4 is 17.7 Å². The summed E-state index contributed by atoms with van der Waals surface area (Å²) in [6.07, 6.45) is 3.64. The summed E-state index contributed by atoms with van der Waals surface area (Å²) in [7, 11) is 0. The third-order valence-electron chi connectivity index (χ3n) is 8.13. The summed E-state index contributed by atoms with van der Waals surface area (Å²) in [5.41, 5.74) is 1.50. The fourth-order valence-corrected chi connectivity index (χ4v) is 5.97. The van der Waals surface area contributed by atoms with Gasteiger partial charge in [0.2, 0.25) is 17.7 Å². The molecule has 0 aliphatic carbocycles. The van der Waals surface area contributed by atoms with E-state index in [2.05, 4.69) is 39.5 Å². The van der Waals surface area contributed by atoms with Crippen LogP contribution in [0.25, 0.3) is 0 Å². The van der Waals surface area contributed by atoms with Crippen LogP contribution in [-0.4, -0.2) is 108 Å². The molecule has 4 heterocycles. The zero-order valence-corrected chi connectivity index (χ0v) is 25.0. The smallest absolute Gasteiger partial charge is 0.257 e. The van der Waals surface area contributed by atoms with Gasteiger partial charge in [-0.1, -0.05) is 51.1 Å². The molecule has 5 rings (SSSR count). The van der Waals surface area contributed by atoms with Crippen molar-refractivity contribution in [2.75, 3.05) is 52.5 Å². The van der Waals surface area contributed by atoms with Crippen LogP contribution in [0.3, 0.4) is 0 Å². The number of aryl methyl sites for hydroxylation is 1. The van der Waals surface area contributed by atoms with Gasteiger partial charge in [0.05, 0.1) is 18.2 Å². The second-order valence-electron chi connectivity index (χ2n) is 12.8. The lowest BCUT2D eigenvalue weighted by molar-refractivity contribution is -0.149. The summed E-state index contributed by atoms with van der Waals surface area (Å²) < 4.78 is 12.3. The molecule has 1 aromatic heterocycles. The molecule has 10 heteroatoms. The lowest BCUT2D eigenvalue weighted by Gasteiger charge is -2.42. The molecule has 3 atom stereocenters. The van der Waals surface area contributed by atoms with Crippen LogP contribution in [0, 0.1) is 5.41 Å². The third-order valence-corrected chi connectivity index (χ3v) is 8.13. The molecule has 3 aliphatic heterocycles. The van der Waals surface area contributed by atoms with Crippen molar-refractivity contribution < 1.29 is 23.9 Å². The van der Waals surface area contributed by atoms with E-state index in [4.69, 9.17) is 9.47 Å². The fourth-order valence-electron chi connectivity index (χ4n) is 5.97. The lowest BCUT2D eigenvalue weighted by Crippen LogP contribution is -2.59. The van der Waals surface area contributed by atoms with Crippen molar-refractivity contribution in [3.8, 4) is 5.88 Å². The van der Waals surface area contributed by atoms with Crippen LogP contribution in [0.5, 0.6) is 5.88 Å². The van der Waals surface area contributed by atoms with Gasteiger partial charge in [0.25, 0.3) is 5.91 Å². The number of fused-ring (bicyclic) bond motifs is 3. The number of likely N-dealkylation sites (tertiary alicyclic amines) is 1. The summed E-state index contributed by atoms with van der Waals surface area (Å²) in [6, 6.07) is 13.1. The summed E-state index contributed by atoms with van der Waals surface area (Å²) in [5, 5.41) is 3.13. The average Bonchev–Trinajstić information content (AvgIpc) is 3.35. The van der Waals surface area contributed by atoms with Crippen molar-refractivity contribution in [3.63, 3.8) is 0 Å². The molecule has 1 N–H and O–H groups in total. The Bertz CT molecular complexity index is 1250. The van der Waals surface area contributed by atoms with Gasteiger partial charge in [-0.15, -0.1) is 0 Å². The minimum atomic E-state index is -0.383. The van der Waals surface area contributed by atoms with Crippen LogP contribution >= 0.6 is 0 Å². The van der Waals surface area contributed by atoms with Crippen molar-refractivity contribution in [1.82, 2.24) is 25.0 Å². The maximum atomic E-state index is 13.5. The van der Waals surface area contributed by atoms with Gasteiger partial charge >= 0.3 is 0 Å². The topological polar surface area (TPSA) is 104 Å². The molecule has 2 aromatic rings. The first-order chi connectivity index (χ1) is 20.2. The minimum absolute atomic E-state index is 0.0628. The Labute approximate surface area is 248 Å². The number of aromatic nitrogens is 1. The van der Waals surface area contributed by atoms with E-state index < -0.39 is 0 Å². The Balaban J connectivity index is 1.31. The largest absolute Gasteiger partial charge is 0.475 e. The van der Waals surface area contributed by atoms with Crippen LogP contribution in [0.1, 0.15) is 49.5 Å². The van der Waals surface area contributed by atoms with Gasteiger partial charge in [0.15, 0.2) is 0 Å². The second-order valence-corrected chi connectivity index (χ2v) is 12.8. The Morgan fingerprint density at radius 2 is 1.86 bits per heavy atom. The molecule has 0 saturated carbocycles. The SMILES string of the molecule is CC(C)(C)CC(=O)N1CCN2C(=O)CO[C@H]3CN(CCCc4ccccc4)C[C@H]3NC(=O)c3cccnc3OC[C@@H]2C1. The number of rotatable bonds is 5. The Kier molecular flexibility index (Phi) is 9.43. The van der Waals surface area contributed by atoms with E-state index in [0.29, 0.717) is 44.7 Å². The molecule has 0 radical (unpaired) electrons. The highest BCUT2D eigenvalue weighted by Crippen LogP contribution is 2.24. The fraction of sp³-hybridized carbons (Fsp3) is 0.562. The second kappa shape index (κ2) is 13.2. The van der Waals surface area contributed by atoms with Crippen LogP contribution in [0.15, 0.2) is 48.7 Å². The summed E-state index contributed by atoms with van der Waals surface area (Å²) >= 11 is 0. The van der Waals surface area contributed by atoms with Crippen molar-refractivity contribution in [3.05, 3.63) is 59.8 Å². The zero-order chi connectivity index (χ0) is 29.7. The van der Waals surface area contributed by atoms with E-state index in [0.717, 1.165) is 19.4 Å². The number of ether oxygens (including phenoxy) is 2. The number of pyridine rings is 1. The molecule has 42 heavy (non-hydrogen) atoms. The lowest BCUT2D eigenvalue weighted by atomic mass is 9.91. The summed E-state index contributed by atoms with van der Waals surface area (Å²) in [4.78, 5) is 50.2. The van der Waals surface area contributed by atoms with E-state index in [9.17, 15) is 14.4 Å². The number of nitrogens with one attached hydrogen (secondary N) is 1. The third kappa shape index (κ3) is 7.66. The molecule has 226 valence electrons. The molecule has 3 aliphatic rings. The number of hydrogen-bond acceptors (Lipinski definition) is 7. The Morgan fingerprint density at radius 3 is 2.64 bits per heavy atom. The number of hydrogen-bond donors (Lipinski definition) is 1. The normalized spacial score (nSPS) is 23.8. The monoisotopic (exact) mass is 577 g/mol. The molecular formula is C32H43N5O5. The predicted octanol–water partition coefficient (Wildman–Crippen LogP) is 2.38. The summed E-state index contributed by atoms with van der Waals surface area (Å²) in [6.45, 7) is 9.49. The van der Waals surface area contributed by atoms with Gasteiger partial charge in [-0.3, -0.25) is 19.3 Å². The average molecular weight is 578 g/mol. The standard InChI is InChI=1S/C32H43N5O5/c1-32(2,3)17-28(38)36-15-16-37-24(18-36)21-42-31-25(12-7-13-33-31)30(40)34-26-19-35(20-27(26)41-22-29(37)39)14-8-11-23-9-5-4-6-10-23/h4-7,9-10,12-13,24,26-27H,8,11,14-22H2,1-3H3,(H,34,40)/t24-,26+,27-/m0/s1. The molecule has 0 spiro atoms. The molecule has 2 fully saturated rings. The number of piperazine rings is 1. The molecular weight excluding hydrogens is 534 g/mol. The van der Waals surface area contributed by atoms with Crippen molar-refractivity contribution in [2.24, 2.45) is 5.41 Å². The Morgan fingerprint density at radius 1 is 1.05 bits per heavy atom. The highest BCUT2D eigenvalue weighted by Gasteiger charge is 2.38. The molecule has 1 aromatic carbocycles. The zero-order valence-electron chi connectivity index (χ0n) is 25.0. The molecule has 0 unspecified atom stereocenters. The van der Waals surface area contributed by atoms with Crippen LogP contribution in [0.2, 0.25) is 0 Å². The maximum Gasteiger partial charge on any atom is 0.257 e. The van der Waals surface area contributed by atoms with E-state index >= 15 is 0 Å². The van der Waals surface area contributed by atoms with Gasteiger partial charge in [0, 0.05) is 45.3 Å². The van der Waals surface area contributed by atoms with E-state index in [-0.39, 0.29) is 60.4 Å². The molecule has 2 saturated heterocycles. The molecule has 3 amide bonds. The van der Waals surface area contributed by atoms with E-state index in [1.54, 1.807) is 23.2 Å². The van der Waals surface area contributed by atoms with Gasteiger partial charge in [-0.05, 0) is 42.5 Å². The molecule has 0 bridgehead atoms. The number of carbonyl (C=O) groups is 3. The first-order valence-corrected chi connectivity index (χ1v) is 15.0. The highest BCUT2D eigenvalue weighted by atomic mass is 16.5. The quantitative estimate of drug-likeness (QED) is 0.582. The predicted molar refractivity (Wildman–Crippen MR) is 158 cm³/mol. The number of benzene rings is 1. The maximum absolute atomic E-state index is 13.5.